The van der Waals surface area contributed by atoms with E-state index in [-0.39, 0.29) is 38.5 Å². The maximum atomic E-state index is 13.3. The molecule has 0 spiro atoms. The molecular weight excluding hydrogens is 431 g/mol. The highest BCUT2D eigenvalue weighted by Gasteiger charge is 2.31. The molecule has 0 heterocycles. The minimum atomic E-state index is -4.33. The SMILES string of the molecule is CCOC(=O)CN(c1ccc([N+](=O)[O-])cc1C)S(=O)(=O)c1cc(Cl)ccc1Cl. The van der Waals surface area contributed by atoms with E-state index in [9.17, 15) is 23.3 Å². The van der Waals surface area contributed by atoms with Gasteiger partial charge in [0.25, 0.3) is 15.7 Å². The Morgan fingerprint density at radius 1 is 1.21 bits per heavy atom. The van der Waals surface area contributed by atoms with Crippen molar-refractivity contribution in [1.29, 1.82) is 0 Å². The minimum absolute atomic E-state index is 0.0594. The van der Waals surface area contributed by atoms with E-state index in [4.69, 9.17) is 27.9 Å². The van der Waals surface area contributed by atoms with Crippen LogP contribution in [0.2, 0.25) is 10.0 Å². The molecule has 0 unspecified atom stereocenters. The number of sulfonamides is 1. The summed E-state index contributed by atoms with van der Waals surface area (Å²) in [7, 11) is -4.33. The Morgan fingerprint density at radius 3 is 2.46 bits per heavy atom. The van der Waals surface area contributed by atoms with E-state index in [0.717, 1.165) is 16.4 Å². The molecule has 8 nitrogen and oxygen atoms in total. The predicted octanol–water partition coefficient (Wildman–Crippen LogP) is 3.97. The van der Waals surface area contributed by atoms with Crippen molar-refractivity contribution >= 4 is 50.6 Å². The lowest BCUT2D eigenvalue weighted by atomic mass is 10.2. The first-order chi connectivity index (χ1) is 13.1. The molecule has 0 fully saturated rings. The number of ether oxygens (including phenoxy) is 1. The Balaban J connectivity index is 2.64. The third-order valence-electron chi connectivity index (χ3n) is 3.70. The topological polar surface area (TPSA) is 107 Å². The fourth-order valence-corrected chi connectivity index (χ4v) is 4.66. The van der Waals surface area contributed by atoms with Gasteiger partial charge in [-0.15, -0.1) is 0 Å². The van der Waals surface area contributed by atoms with Crippen LogP contribution < -0.4 is 4.31 Å². The third kappa shape index (κ3) is 4.73. The Hall–Kier alpha value is -2.36. The maximum Gasteiger partial charge on any atom is 0.326 e. The summed E-state index contributed by atoms with van der Waals surface area (Å²) in [4.78, 5) is 22.1. The zero-order chi connectivity index (χ0) is 21.1. The van der Waals surface area contributed by atoms with Crippen LogP contribution in [0.5, 0.6) is 0 Å². The second-order valence-electron chi connectivity index (χ2n) is 5.62. The van der Waals surface area contributed by atoms with E-state index in [1.54, 1.807) is 6.92 Å². The molecule has 0 aliphatic carbocycles. The number of carbonyl (C=O) groups is 1. The molecule has 0 aromatic heterocycles. The molecule has 0 radical (unpaired) electrons. The zero-order valence-electron chi connectivity index (χ0n) is 14.9. The molecule has 0 saturated heterocycles. The highest BCUT2D eigenvalue weighted by molar-refractivity contribution is 7.93. The van der Waals surface area contributed by atoms with E-state index in [0.29, 0.717) is 0 Å². The smallest absolute Gasteiger partial charge is 0.326 e. The lowest BCUT2D eigenvalue weighted by molar-refractivity contribution is -0.384. The van der Waals surface area contributed by atoms with E-state index in [2.05, 4.69) is 0 Å². The monoisotopic (exact) mass is 446 g/mol. The van der Waals surface area contributed by atoms with Crippen LogP contribution in [-0.4, -0.2) is 32.5 Å². The molecule has 0 N–H and O–H groups in total. The summed E-state index contributed by atoms with van der Waals surface area (Å²) in [6.07, 6.45) is 0. The molecular formula is C17H16Cl2N2O6S. The fourth-order valence-electron chi connectivity index (χ4n) is 2.45. The summed E-state index contributed by atoms with van der Waals surface area (Å²) in [5, 5.41) is 11.0. The summed E-state index contributed by atoms with van der Waals surface area (Å²) in [6, 6.07) is 7.52. The number of carbonyl (C=O) groups excluding carboxylic acids is 1. The van der Waals surface area contributed by atoms with Crippen molar-refractivity contribution in [2.24, 2.45) is 0 Å². The number of rotatable bonds is 7. The van der Waals surface area contributed by atoms with Crippen LogP contribution in [0.4, 0.5) is 11.4 Å². The number of benzene rings is 2. The second-order valence-corrected chi connectivity index (χ2v) is 8.29. The van der Waals surface area contributed by atoms with Gasteiger partial charge in [-0.25, -0.2) is 8.42 Å². The summed E-state index contributed by atoms with van der Waals surface area (Å²) in [5.74, 6) is -0.790. The average Bonchev–Trinajstić information content (AvgIpc) is 2.62. The van der Waals surface area contributed by atoms with Crippen LogP contribution in [0.1, 0.15) is 12.5 Å². The molecule has 0 aliphatic heterocycles. The largest absolute Gasteiger partial charge is 0.465 e. The molecule has 0 bridgehead atoms. The highest BCUT2D eigenvalue weighted by atomic mass is 35.5. The van der Waals surface area contributed by atoms with Gasteiger partial charge in [-0.3, -0.25) is 19.2 Å². The van der Waals surface area contributed by atoms with E-state index in [1.165, 1.54) is 31.2 Å². The summed E-state index contributed by atoms with van der Waals surface area (Å²) < 4.78 is 32.2. The van der Waals surface area contributed by atoms with Crippen molar-refractivity contribution in [2.45, 2.75) is 18.7 Å². The van der Waals surface area contributed by atoms with Crippen molar-refractivity contribution in [3.63, 3.8) is 0 Å². The molecule has 28 heavy (non-hydrogen) atoms. The van der Waals surface area contributed by atoms with Gasteiger partial charge in [-0.2, -0.15) is 0 Å². The average molecular weight is 447 g/mol. The van der Waals surface area contributed by atoms with Crippen LogP contribution in [0.25, 0.3) is 0 Å². The molecule has 0 atom stereocenters. The van der Waals surface area contributed by atoms with E-state index >= 15 is 0 Å². The summed E-state index contributed by atoms with van der Waals surface area (Å²) in [6.45, 7) is 2.50. The second kappa shape index (κ2) is 8.76. The van der Waals surface area contributed by atoms with Gasteiger partial charge >= 0.3 is 5.97 Å². The number of hydrogen-bond donors (Lipinski definition) is 0. The van der Waals surface area contributed by atoms with Gasteiger partial charge in [0.05, 0.1) is 22.2 Å². The van der Waals surface area contributed by atoms with E-state index < -0.39 is 27.5 Å². The molecule has 0 amide bonds. The Labute approximate surface area is 171 Å². The number of nitrogens with zero attached hydrogens (tertiary/aromatic N) is 2. The molecule has 11 heteroatoms. The van der Waals surface area contributed by atoms with Gasteiger partial charge in [0.1, 0.15) is 11.4 Å². The standard InChI is InChI=1S/C17H16Cl2N2O6S/c1-3-27-17(22)10-20(15-7-5-13(21(23)24)8-11(15)2)28(25,26)16-9-12(18)4-6-14(16)19/h4-9H,3,10H2,1-2H3. The van der Waals surface area contributed by atoms with Crippen molar-refractivity contribution in [3.8, 4) is 0 Å². The van der Waals surface area contributed by atoms with Crippen LogP contribution in [0.15, 0.2) is 41.3 Å². The summed E-state index contributed by atoms with van der Waals surface area (Å²) in [5.41, 5.74) is 0.144. The van der Waals surface area contributed by atoms with Gasteiger partial charge in [-0.1, -0.05) is 23.2 Å². The van der Waals surface area contributed by atoms with Crippen molar-refractivity contribution in [1.82, 2.24) is 0 Å². The van der Waals surface area contributed by atoms with Crippen molar-refractivity contribution < 1.29 is 22.9 Å². The number of non-ortho nitro benzene ring substituents is 1. The van der Waals surface area contributed by atoms with Crippen LogP contribution in [0.3, 0.4) is 0 Å². The van der Waals surface area contributed by atoms with Gasteiger partial charge < -0.3 is 4.74 Å². The molecule has 0 aliphatic rings. The fraction of sp³-hybridized carbons (Fsp3) is 0.235. The number of nitro groups is 1. The quantitative estimate of drug-likeness (QED) is 0.361. The molecule has 2 aromatic carbocycles. The van der Waals surface area contributed by atoms with Gasteiger partial charge in [0.15, 0.2) is 0 Å². The number of esters is 1. The molecule has 0 saturated carbocycles. The Bertz CT molecular complexity index is 1030. The van der Waals surface area contributed by atoms with Crippen LogP contribution in [0, 0.1) is 17.0 Å². The van der Waals surface area contributed by atoms with Gasteiger partial charge in [0, 0.05) is 17.2 Å². The highest BCUT2D eigenvalue weighted by Crippen LogP contribution is 2.33. The number of hydrogen-bond acceptors (Lipinski definition) is 6. The van der Waals surface area contributed by atoms with Crippen molar-refractivity contribution in [2.75, 3.05) is 17.5 Å². The normalized spacial score (nSPS) is 11.1. The third-order valence-corrected chi connectivity index (χ3v) is 6.18. The van der Waals surface area contributed by atoms with Gasteiger partial charge in [0.2, 0.25) is 0 Å². The van der Waals surface area contributed by atoms with Crippen LogP contribution in [-0.2, 0) is 19.6 Å². The van der Waals surface area contributed by atoms with E-state index in [1.807, 2.05) is 0 Å². The first kappa shape index (κ1) is 21.9. The number of aryl methyl sites for hydroxylation is 1. The molecule has 150 valence electrons. The van der Waals surface area contributed by atoms with Crippen molar-refractivity contribution in [3.05, 3.63) is 62.1 Å². The van der Waals surface area contributed by atoms with Gasteiger partial charge in [-0.05, 0) is 43.7 Å². The molecule has 2 rings (SSSR count). The Morgan fingerprint density at radius 2 is 1.89 bits per heavy atom. The maximum absolute atomic E-state index is 13.3. The summed E-state index contributed by atoms with van der Waals surface area (Å²) >= 11 is 12.0. The molecule has 2 aromatic rings. The lowest BCUT2D eigenvalue weighted by Gasteiger charge is -2.25. The number of anilines is 1. The predicted molar refractivity (Wildman–Crippen MR) is 105 cm³/mol. The lowest BCUT2D eigenvalue weighted by Crippen LogP contribution is -2.37. The first-order valence-electron chi connectivity index (χ1n) is 7.96. The number of nitro benzene ring substituents is 1. The first-order valence-corrected chi connectivity index (χ1v) is 10.2. The number of halogens is 2. The Kier molecular flexibility index (Phi) is 6.87. The van der Waals surface area contributed by atoms with Crippen LogP contribution >= 0.6 is 23.2 Å². The minimum Gasteiger partial charge on any atom is -0.465 e. The zero-order valence-corrected chi connectivity index (χ0v) is 17.2.